The number of nitrogens with zero attached hydrogens (tertiary/aromatic N) is 4. The summed E-state index contributed by atoms with van der Waals surface area (Å²) < 4.78 is 0. The first-order valence-corrected chi connectivity index (χ1v) is 8.82. The third kappa shape index (κ3) is 3.57. The van der Waals surface area contributed by atoms with Gasteiger partial charge >= 0.3 is 0 Å². The maximum atomic E-state index is 12.2. The summed E-state index contributed by atoms with van der Waals surface area (Å²) in [5.41, 5.74) is 2.12. The molecular weight excluding hydrogens is 304 g/mol. The quantitative estimate of drug-likeness (QED) is 0.847. The minimum atomic E-state index is 0.120. The van der Waals surface area contributed by atoms with Gasteiger partial charge in [0.15, 0.2) is 0 Å². The van der Waals surface area contributed by atoms with Gasteiger partial charge in [-0.25, -0.2) is 9.97 Å². The third-order valence-electron chi connectivity index (χ3n) is 4.89. The largest absolute Gasteiger partial charge is 0.342 e. The minimum absolute atomic E-state index is 0.120. The predicted octanol–water partition coefficient (Wildman–Crippen LogP) is 1.74. The zero-order valence-electron chi connectivity index (χ0n) is 14.8. The van der Waals surface area contributed by atoms with Crippen molar-refractivity contribution in [3.05, 3.63) is 23.3 Å². The van der Waals surface area contributed by atoms with Gasteiger partial charge in [-0.2, -0.15) is 0 Å². The molecule has 0 bridgehead atoms. The first kappa shape index (κ1) is 16.9. The summed E-state index contributed by atoms with van der Waals surface area (Å²) in [5.74, 6) is 1.80. The summed E-state index contributed by atoms with van der Waals surface area (Å²) in [7, 11) is 0. The van der Waals surface area contributed by atoms with E-state index in [2.05, 4.69) is 18.8 Å². The molecule has 2 aliphatic rings. The summed E-state index contributed by atoms with van der Waals surface area (Å²) >= 11 is 0. The molecule has 0 unspecified atom stereocenters. The second-order valence-corrected chi connectivity index (χ2v) is 7.31. The van der Waals surface area contributed by atoms with Crippen LogP contribution in [0.15, 0.2) is 6.20 Å². The summed E-state index contributed by atoms with van der Waals surface area (Å²) in [6.45, 7) is 8.60. The molecule has 1 fully saturated rings. The first-order chi connectivity index (χ1) is 11.4. The molecule has 6 heteroatoms. The summed E-state index contributed by atoms with van der Waals surface area (Å²) in [5, 5.41) is 0. The van der Waals surface area contributed by atoms with Crippen molar-refractivity contribution >= 4 is 11.8 Å². The Morgan fingerprint density at radius 2 is 2.08 bits per heavy atom. The monoisotopic (exact) mass is 330 g/mol. The van der Waals surface area contributed by atoms with Crippen molar-refractivity contribution in [2.75, 3.05) is 19.6 Å². The van der Waals surface area contributed by atoms with Crippen LogP contribution in [0.4, 0.5) is 0 Å². The zero-order chi connectivity index (χ0) is 17.3. The molecule has 24 heavy (non-hydrogen) atoms. The molecule has 1 aromatic rings. The van der Waals surface area contributed by atoms with E-state index < -0.39 is 0 Å². The number of hydrogen-bond acceptors (Lipinski definition) is 4. The summed E-state index contributed by atoms with van der Waals surface area (Å²) in [6, 6.07) is 0. The maximum Gasteiger partial charge on any atom is 0.223 e. The van der Waals surface area contributed by atoms with Crippen molar-refractivity contribution in [1.29, 1.82) is 0 Å². The van der Waals surface area contributed by atoms with E-state index in [1.165, 1.54) is 0 Å². The van der Waals surface area contributed by atoms with Crippen LogP contribution in [-0.4, -0.2) is 51.2 Å². The van der Waals surface area contributed by atoms with E-state index in [1.54, 1.807) is 6.92 Å². The Bertz CT molecular complexity index is 644. The van der Waals surface area contributed by atoms with E-state index in [9.17, 15) is 9.59 Å². The molecule has 0 aromatic carbocycles. The lowest BCUT2D eigenvalue weighted by molar-refractivity contribution is -0.133. The number of carbonyl (C=O) groups excluding carboxylic acids is 2. The minimum Gasteiger partial charge on any atom is -0.342 e. The third-order valence-corrected chi connectivity index (χ3v) is 4.89. The highest BCUT2D eigenvalue weighted by Crippen LogP contribution is 2.26. The van der Waals surface area contributed by atoms with Crippen LogP contribution in [-0.2, 0) is 22.6 Å². The van der Waals surface area contributed by atoms with Gasteiger partial charge in [0, 0.05) is 63.6 Å². The van der Waals surface area contributed by atoms with E-state index in [-0.39, 0.29) is 17.7 Å². The Balaban J connectivity index is 1.68. The van der Waals surface area contributed by atoms with Gasteiger partial charge in [-0.15, -0.1) is 0 Å². The number of hydrogen-bond donors (Lipinski definition) is 0. The molecule has 0 radical (unpaired) electrons. The highest BCUT2D eigenvalue weighted by molar-refractivity contribution is 5.76. The number of amides is 2. The fourth-order valence-corrected chi connectivity index (χ4v) is 3.48. The molecule has 2 amide bonds. The van der Waals surface area contributed by atoms with Crippen LogP contribution in [0, 0.1) is 5.92 Å². The van der Waals surface area contributed by atoms with Crippen LogP contribution < -0.4 is 0 Å². The molecule has 1 saturated heterocycles. The molecule has 0 saturated carbocycles. The van der Waals surface area contributed by atoms with Crippen molar-refractivity contribution in [1.82, 2.24) is 19.8 Å². The van der Waals surface area contributed by atoms with Crippen molar-refractivity contribution in [2.45, 2.75) is 52.5 Å². The lowest BCUT2D eigenvalue weighted by Crippen LogP contribution is -2.37. The highest BCUT2D eigenvalue weighted by atomic mass is 16.2. The topological polar surface area (TPSA) is 66.4 Å². The SMILES string of the molecule is CC(=O)N1CC[C@@H](c2ncc3c(n2)CCN(C(=O)CC(C)C)C3)C1. The van der Waals surface area contributed by atoms with E-state index in [0.29, 0.717) is 25.4 Å². The molecule has 1 aromatic heterocycles. The molecule has 1 atom stereocenters. The van der Waals surface area contributed by atoms with Gasteiger partial charge in [0.25, 0.3) is 0 Å². The lowest BCUT2D eigenvalue weighted by Gasteiger charge is -2.29. The number of fused-ring (bicyclic) bond motifs is 1. The normalized spacial score (nSPS) is 20.4. The van der Waals surface area contributed by atoms with Crippen LogP contribution >= 0.6 is 0 Å². The Morgan fingerprint density at radius 3 is 2.75 bits per heavy atom. The average molecular weight is 330 g/mol. The molecule has 6 nitrogen and oxygen atoms in total. The van der Waals surface area contributed by atoms with Crippen LogP contribution in [0.1, 0.15) is 56.6 Å². The van der Waals surface area contributed by atoms with Gasteiger partial charge in [0.05, 0.1) is 5.69 Å². The number of carbonyl (C=O) groups is 2. The van der Waals surface area contributed by atoms with E-state index in [4.69, 9.17) is 4.98 Å². The molecular formula is C18H26N4O2. The highest BCUT2D eigenvalue weighted by Gasteiger charge is 2.29. The molecule has 130 valence electrons. The number of likely N-dealkylation sites (tertiary alicyclic amines) is 1. The molecule has 2 aliphatic heterocycles. The summed E-state index contributed by atoms with van der Waals surface area (Å²) in [6.07, 6.45) is 4.19. The van der Waals surface area contributed by atoms with Gasteiger partial charge in [0.2, 0.25) is 11.8 Å². The second-order valence-electron chi connectivity index (χ2n) is 7.31. The van der Waals surface area contributed by atoms with E-state index in [0.717, 1.165) is 43.0 Å². The van der Waals surface area contributed by atoms with E-state index in [1.807, 2.05) is 16.0 Å². The van der Waals surface area contributed by atoms with Gasteiger partial charge in [-0.3, -0.25) is 9.59 Å². The fourth-order valence-electron chi connectivity index (χ4n) is 3.48. The van der Waals surface area contributed by atoms with Crippen molar-refractivity contribution in [3.8, 4) is 0 Å². The van der Waals surface area contributed by atoms with Crippen LogP contribution in [0.5, 0.6) is 0 Å². The molecule has 3 heterocycles. The molecule has 0 N–H and O–H groups in total. The summed E-state index contributed by atoms with van der Waals surface area (Å²) in [4.78, 5) is 36.8. The molecule has 3 rings (SSSR count). The van der Waals surface area contributed by atoms with Crippen molar-refractivity contribution in [2.24, 2.45) is 5.92 Å². The van der Waals surface area contributed by atoms with Gasteiger partial charge in [-0.1, -0.05) is 13.8 Å². The van der Waals surface area contributed by atoms with Crippen molar-refractivity contribution < 1.29 is 9.59 Å². The number of rotatable bonds is 3. The second kappa shape index (κ2) is 6.87. The molecule has 0 spiro atoms. The maximum absolute atomic E-state index is 12.2. The zero-order valence-corrected chi connectivity index (χ0v) is 14.8. The Morgan fingerprint density at radius 1 is 1.29 bits per heavy atom. The van der Waals surface area contributed by atoms with Crippen LogP contribution in [0.2, 0.25) is 0 Å². The lowest BCUT2D eigenvalue weighted by atomic mass is 10.0. The standard InChI is InChI=1S/C18H26N4O2/c1-12(2)8-17(24)22-7-5-16-15(11-22)9-19-18(20-16)14-4-6-21(10-14)13(3)23/h9,12,14H,4-8,10-11H2,1-3H3/t14-/m1/s1. The van der Waals surface area contributed by atoms with Crippen LogP contribution in [0.25, 0.3) is 0 Å². The smallest absolute Gasteiger partial charge is 0.223 e. The van der Waals surface area contributed by atoms with Crippen LogP contribution in [0.3, 0.4) is 0 Å². The molecule has 0 aliphatic carbocycles. The van der Waals surface area contributed by atoms with Gasteiger partial charge in [-0.05, 0) is 12.3 Å². The predicted molar refractivity (Wildman–Crippen MR) is 90.2 cm³/mol. The fraction of sp³-hybridized carbons (Fsp3) is 0.667. The average Bonchev–Trinajstić information content (AvgIpc) is 3.03. The van der Waals surface area contributed by atoms with E-state index >= 15 is 0 Å². The van der Waals surface area contributed by atoms with Gasteiger partial charge in [0.1, 0.15) is 5.82 Å². The Labute approximate surface area is 143 Å². The van der Waals surface area contributed by atoms with Gasteiger partial charge < -0.3 is 9.80 Å². The van der Waals surface area contributed by atoms with Crippen molar-refractivity contribution in [3.63, 3.8) is 0 Å². The Hall–Kier alpha value is -1.98. The first-order valence-electron chi connectivity index (χ1n) is 8.82. The Kier molecular flexibility index (Phi) is 4.83. The number of aromatic nitrogens is 2.